The number of hydrogen-bond acceptors (Lipinski definition) is 4. The molecule has 0 radical (unpaired) electrons. The molecule has 0 spiro atoms. The maximum atomic E-state index is 11.8. The van der Waals surface area contributed by atoms with Crippen LogP contribution < -0.4 is 16.7 Å². The van der Waals surface area contributed by atoms with Crippen LogP contribution in [0, 0.1) is 0 Å². The third-order valence-electron chi connectivity index (χ3n) is 2.80. The monoisotopic (exact) mass is 306 g/mol. The van der Waals surface area contributed by atoms with Crippen molar-refractivity contribution in [1.82, 2.24) is 9.55 Å². The Balaban J connectivity index is 1.84. The summed E-state index contributed by atoms with van der Waals surface area (Å²) in [4.78, 5) is 26.9. The fourth-order valence-electron chi connectivity index (χ4n) is 1.84. The van der Waals surface area contributed by atoms with Gasteiger partial charge in [-0.3, -0.25) is 9.36 Å². The third-order valence-corrected chi connectivity index (χ3v) is 2.99. The highest BCUT2D eigenvalue weighted by atomic mass is 35.5. The molecule has 0 aliphatic rings. The van der Waals surface area contributed by atoms with Gasteiger partial charge in [-0.25, -0.2) is 9.78 Å². The van der Waals surface area contributed by atoms with Gasteiger partial charge in [-0.15, -0.1) is 0 Å². The number of amides is 1. The Bertz CT molecular complexity index is 699. The number of carbonyl (C=O) groups excluding carboxylic acids is 1. The third kappa shape index (κ3) is 4.61. The zero-order valence-electron chi connectivity index (χ0n) is 11.3. The maximum Gasteiger partial charge on any atom is 0.347 e. The van der Waals surface area contributed by atoms with Gasteiger partial charge in [-0.05, 0) is 24.6 Å². The van der Waals surface area contributed by atoms with Gasteiger partial charge in [0.2, 0.25) is 5.91 Å². The molecular weight excluding hydrogens is 292 g/mol. The lowest BCUT2D eigenvalue weighted by molar-refractivity contribution is -0.116. The molecule has 110 valence electrons. The van der Waals surface area contributed by atoms with Crippen LogP contribution in [0.4, 0.5) is 11.4 Å². The summed E-state index contributed by atoms with van der Waals surface area (Å²) >= 11 is 5.77. The second-order valence-corrected chi connectivity index (χ2v) is 4.96. The van der Waals surface area contributed by atoms with Crippen LogP contribution in [0.15, 0.2) is 41.5 Å². The summed E-state index contributed by atoms with van der Waals surface area (Å²) in [5, 5.41) is 3.13. The molecule has 0 unspecified atom stereocenters. The first kappa shape index (κ1) is 15.1. The molecule has 7 heteroatoms. The summed E-state index contributed by atoms with van der Waals surface area (Å²) in [6, 6.07) is 6.96. The molecule has 1 heterocycles. The molecule has 0 saturated carbocycles. The van der Waals surface area contributed by atoms with Gasteiger partial charge in [0.25, 0.3) is 0 Å². The molecule has 1 amide bonds. The Hall–Kier alpha value is -2.34. The normalized spacial score (nSPS) is 10.3. The Kier molecular flexibility index (Phi) is 4.94. The van der Waals surface area contributed by atoms with Crippen LogP contribution in [0.25, 0.3) is 0 Å². The van der Waals surface area contributed by atoms with Crippen LogP contribution in [0.3, 0.4) is 0 Å². The number of aryl methyl sites for hydroxylation is 1. The Labute approximate surface area is 126 Å². The second-order valence-electron chi connectivity index (χ2n) is 4.53. The molecule has 2 rings (SSSR count). The number of aromatic nitrogens is 2. The van der Waals surface area contributed by atoms with E-state index in [1.54, 1.807) is 24.3 Å². The Morgan fingerprint density at radius 1 is 1.43 bits per heavy atom. The molecule has 1 aromatic heterocycles. The fourth-order valence-corrected chi connectivity index (χ4v) is 2.01. The largest absolute Gasteiger partial charge is 0.399 e. The van der Waals surface area contributed by atoms with E-state index in [4.69, 9.17) is 17.3 Å². The van der Waals surface area contributed by atoms with E-state index in [-0.39, 0.29) is 18.0 Å². The number of anilines is 2. The van der Waals surface area contributed by atoms with Crippen molar-refractivity contribution in [2.75, 3.05) is 11.1 Å². The predicted molar refractivity (Wildman–Crippen MR) is 82.2 cm³/mol. The van der Waals surface area contributed by atoms with Gasteiger partial charge in [0.15, 0.2) is 0 Å². The smallest absolute Gasteiger partial charge is 0.347 e. The zero-order valence-corrected chi connectivity index (χ0v) is 12.0. The van der Waals surface area contributed by atoms with Crippen molar-refractivity contribution >= 4 is 28.9 Å². The molecular formula is C14H15ClN4O2. The Morgan fingerprint density at radius 2 is 2.24 bits per heavy atom. The van der Waals surface area contributed by atoms with Crippen molar-refractivity contribution in [3.05, 3.63) is 52.2 Å². The van der Waals surface area contributed by atoms with Crippen LogP contribution in [0.2, 0.25) is 5.02 Å². The minimum Gasteiger partial charge on any atom is -0.399 e. The highest BCUT2D eigenvalue weighted by Crippen LogP contribution is 2.12. The van der Waals surface area contributed by atoms with Gasteiger partial charge in [0, 0.05) is 30.5 Å². The molecule has 0 fully saturated rings. The van der Waals surface area contributed by atoms with Crippen LogP contribution >= 0.6 is 11.6 Å². The first-order chi connectivity index (χ1) is 10.0. The van der Waals surface area contributed by atoms with Crippen LogP contribution in [0.5, 0.6) is 0 Å². The second kappa shape index (κ2) is 6.90. The number of halogens is 1. The molecule has 0 saturated heterocycles. The summed E-state index contributed by atoms with van der Waals surface area (Å²) in [7, 11) is 0. The average molecular weight is 307 g/mol. The molecule has 0 aliphatic carbocycles. The highest BCUT2D eigenvalue weighted by molar-refractivity contribution is 6.30. The summed E-state index contributed by atoms with van der Waals surface area (Å²) in [5.41, 5.74) is 6.50. The molecule has 3 N–H and O–H groups in total. The lowest BCUT2D eigenvalue weighted by atomic mass is 10.2. The number of carbonyl (C=O) groups is 1. The number of nitrogens with two attached hydrogens (primary N) is 1. The van der Waals surface area contributed by atoms with Crippen LogP contribution in [-0.4, -0.2) is 15.5 Å². The van der Waals surface area contributed by atoms with E-state index in [9.17, 15) is 9.59 Å². The maximum absolute atomic E-state index is 11.8. The summed E-state index contributed by atoms with van der Waals surface area (Å²) < 4.78 is 1.39. The van der Waals surface area contributed by atoms with E-state index in [0.717, 1.165) is 0 Å². The molecule has 0 bridgehead atoms. The quantitative estimate of drug-likeness (QED) is 0.826. The number of nitrogens with one attached hydrogen (secondary N) is 1. The van der Waals surface area contributed by atoms with E-state index < -0.39 is 0 Å². The molecule has 1 aromatic carbocycles. The number of benzene rings is 1. The summed E-state index contributed by atoms with van der Waals surface area (Å²) in [5.74, 6) is -0.136. The van der Waals surface area contributed by atoms with E-state index >= 15 is 0 Å². The molecule has 0 aliphatic heterocycles. The number of rotatable bonds is 5. The lowest BCUT2D eigenvalue weighted by Crippen LogP contribution is -2.22. The van der Waals surface area contributed by atoms with Crippen molar-refractivity contribution in [1.29, 1.82) is 0 Å². The minimum absolute atomic E-state index is 0.136. The first-order valence-corrected chi connectivity index (χ1v) is 6.80. The fraction of sp³-hybridized carbons (Fsp3) is 0.214. The topological polar surface area (TPSA) is 90.0 Å². The molecule has 2 aromatic rings. The standard InChI is InChI=1S/C14H15ClN4O2/c15-10-8-17-14(21)19(9-10)6-2-5-13(20)18-12-4-1-3-11(16)7-12/h1,3-4,7-9H,2,5-6,16H2,(H,18,20). The van der Waals surface area contributed by atoms with Crippen molar-refractivity contribution < 1.29 is 4.79 Å². The van der Waals surface area contributed by atoms with Gasteiger partial charge in [0.1, 0.15) is 0 Å². The summed E-state index contributed by atoms with van der Waals surface area (Å²) in [6.07, 6.45) is 3.60. The van der Waals surface area contributed by atoms with Gasteiger partial charge < -0.3 is 11.1 Å². The Morgan fingerprint density at radius 3 is 3.00 bits per heavy atom. The van der Waals surface area contributed by atoms with Crippen molar-refractivity contribution in [3.8, 4) is 0 Å². The SMILES string of the molecule is Nc1cccc(NC(=O)CCCn2cc(Cl)cnc2=O)c1. The van der Waals surface area contributed by atoms with Gasteiger partial charge in [-0.1, -0.05) is 17.7 Å². The van der Waals surface area contributed by atoms with Crippen molar-refractivity contribution in [2.45, 2.75) is 19.4 Å². The molecule has 0 atom stereocenters. The van der Waals surface area contributed by atoms with E-state index in [0.29, 0.717) is 29.4 Å². The van der Waals surface area contributed by atoms with Gasteiger partial charge >= 0.3 is 5.69 Å². The van der Waals surface area contributed by atoms with Gasteiger partial charge in [-0.2, -0.15) is 0 Å². The molecule has 6 nitrogen and oxygen atoms in total. The lowest BCUT2D eigenvalue weighted by Gasteiger charge is -2.07. The highest BCUT2D eigenvalue weighted by Gasteiger charge is 2.04. The number of hydrogen-bond donors (Lipinski definition) is 2. The number of nitrogens with zero attached hydrogens (tertiary/aromatic N) is 2. The predicted octanol–water partition coefficient (Wildman–Crippen LogP) is 1.90. The van der Waals surface area contributed by atoms with Crippen LogP contribution in [0.1, 0.15) is 12.8 Å². The van der Waals surface area contributed by atoms with E-state index in [1.165, 1.54) is 17.0 Å². The first-order valence-electron chi connectivity index (χ1n) is 6.42. The van der Waals surface area contributed by atoms with Crippen molar-refractivity contribution in [2.24, 2.45) is 0 Å². The zero-order chi connectivity index (χ0) is 15.2. The minimum atomic E-state index is -0.379. The number of nitrogen functional groups attached to an aromatic ring is 1. The molecule has 21 heavy (non-hydrogen) atoms. The van der Waals surface area contributed by atoms with E-state index in [2.05, 4.69) is 10.3 Å². The average Bonchev–Trinajstić information content (AvgIpc) is 2.42. The van der Waals surface area contributed by atoms with E-state index in [1.807, 2.05) is 0 Å². The van der Waals surface area contributed by atoms with Gasteiger partial charge in [0.05, 0.1) is 11.2 Å². The summed E-state index contributed by atoms with van der Waals surface area (Å²) in [6.45, 7) is 0.386. The van der Waals surface area contributed by atoms with Crippen molar-refractivity contribution in [3.63, 3.8) is 0 Å². The van der Waals surface area contributed by atoms with Crippen LogP contribution in [-0.2, 0) is 11.3 Å².